The van der Waals surface area contributed by atoms with E-state index >= 15 is 0 Å². The Hall–Kier alpha value is -1.33. The molecule has 3 nitrogen and oxygen atoms in total. The van der Waals surface area contributed by atoms with Crippen molar-refractivity contribution < 1.29 is 9.90 Å². The first kappa shape index (κ1) is 12.1. The van der Waals surface area contributed by atoms with Crippen molar-refractivity contribution in [2.24, 2.45) is 0 Å². The Morgan fingerprint density at radius 2 is 2.00 bits per heavy atom. The maximum atomic E-state index is 11.1. The van der Waals surface area contributed by atoms with E-state index in [2.05, 4.69) is 4.98 Å². The van der Waals surface area contributed by atoms with Crippen LogP contribution >= 0.6 is 23.1 Å². The van der Waals surface area contributed by atoms with E-state index in [-0.39, 0.29) is 5.69 Å². The van der Waals surface area contributed by atoms with Crippen LogP contribution in [0.3, 0.4) is 0 Å². The third kappa shape index (κ3) is 2.50. The van der Waals surface area contributed by atoms with Crippen LogP contribution in [0.25, 0.3) is 10.4 Å². The second-order valence-corrected chi connectivity index (χ2v) is 5.59. The van der Waals surface area contributed by atoms with Crippen molar-refractivity contribution in [1.82, 2.24) is 4.98 Å². The molecule has 0 aliphatic rings. The third-order valence-corrected chi connectivity index (χ3v) is 4.39. The summed E-state index contributed by atoms with van der Waals surface area (Å²) in [5.41, 5.74) is 2.20. The summed E-state index contributed by atoms with van der Waals surface area (Å²) >= 11 is 2.88. The van der Waals surface area contributed by atoms with E-state index in [1.807, 2.05) is 37.4 Å². The van der Waals surface area contributed by atoms with Crippen molar-refractivity contribution >= 4 is 29.1 Å². The summed E-state index contributed by atoms with van der Waals surface area (Å²) in [6, 6.07) is 7.80. The van der Waals surface area contributed by atoms with E-state index in [1.165, 1.54) is 23.1 Å². The maximum absolute atomic E-state index is 11.1. The minimum Gasteiger partial charge on any atom is -0.476 e. The minimum absolute atomic E-state index is 0.142. The van der Waals surface area contributed by atoms with Crippen LogP contribution in [0, 0.1) is 6.92 Å². The van der Waals surface area contributed by atoms with Gasteiger partial charge in [-0.15, -0.1) is 11.3 Å². The highest BCUT2D eigenvalue weighted by Gasteiger charge is 2.18. The summed E-state index contributed by atoms with van der Waals surface area (Å²) in [4.78, 5) is 16.0. The molecule has 0 fully saturated rings. The second-order valence-electron chi connectivity index (χ2n) is 3.53. The fourth-order valence-corrected chi connectivity index (χ4v) is 2.99. The van der Waals surface area contributed by atoms with Crippen LogP contribution in [0.15, 0.2) is 28.6 Å². The van der Waals surface area contributed by atoms with Gasteiger partial charge >= 0.3 is 5.97 Å². The van der Waals surface area contributed by atoms with Crippen LogP contribution in [0.5, 0.6) is 0 Å². The summed E-state index contributed by atoms with van der Waals surface area (Å²) in [6.07, 6.45) is 1.89. The summed E-state index contributed by atoms with van der Waals surface area (Å²) in [5.74, 6) is -0.975. The maximum Gasteiger partial charge on any atom is 0.356 e. The van der Waals surface area contributed by atoms with Gasteiger partial charge < -0.3 is 5.11 Å². The Labute approximate surface area is 108 Å². The quantitative estimate of drug-likeness (QED) is 0.862. The van der Waals surface area contributed by atoms with Crippen LogP contribution < -0.4 is 0 Å². The van der Waals surface area contributed by atoms with Crippen molar-refractivity contribution in [1.29, 1.82) is 0 Å². The molecule has 1 aromatic heterocycles. The van der Waals surface area contributed by atoms with E-state index in [1.54, 1.807) is 0 Å². The zero-order chi connectivity index (χ0) is 12.4. The molecule has 0 aliphatic carbocycles. The lowest BCUT2D eigenvalue weighted by Gasteiger charge is -1.99. The van der Waals surface area contributed by atoms with Gasteiger partial charge in [0, 0.05) is 0 Å². The SMILES string of the molecule is CSc1nc(C(=O)O)c(-c2ccc(C)cc2)s1. The first-order valence-corrected chi connectivity index (χ1v) is 7.01. The lowest BCUT2D eigenvalue weighted by atomic mass is 10.1. The first-order chi connectivity index (χ1) is 8.11. The molecule has 0 unspecified atom stereocenters. The lowest BCUT2D eigenvalue weighted by Crippen LogP contribution is -1.98. The number of thiazole rings is 1. The van der Waals surface area contributed by atoms with Gasteiger partial charge in [-0.05, 0) is 18.7 Å². The number of aryl methyl sites for hydroxylation is 1. The molecule has 0 radical (unpaired) electrons. The van der Waals surface area contributed by atoms with E-state index in [9.17, 15) is 4.79 Å². The molecule has 88 valence electrons. The highest BCUT2D eigenvalue weighted by Crippen LogP contribution is 2.34. The normalized spacial score (nSPS) is 10.5. The Morgan fingerprint density at radius 1 is 1.35 bits per heavy atom. The number of rotatable bonds is 3. The molecule has 1 heterocycles. The van der Waals surface area contributed by atoms with Crippen LogP contribution in [0.1, 0.15) is 16.1 Å². The molecular weight excluding hydrogens is 254 g/mol. The molecule has 0 bridgehead atoms. The molecule has 0 saturated heterocycles. The van der Waals surface area contributed by atoms with Gasteiger partial charge in [0.05, 0.1) is 4.88 Å². The molecular formula is C12H11NO2S2. The Bertz CT molecular complexity index is 546. The second kappa shape index (κ2) is 4.89. The number of hydrogen-bond donors (Lipinski definition) is 1. The molecule has 1 N–H and O–H groups in total. The Morgan fingerprint density at radius 3 is 2.53 bits per heavy atom. The van der Waals surface area contributed by atoms with Gasteiger partial charge in [-0.2, -0.15) is 0 Å². The molecule has 2 rings (SSSR count). The number of carboxylic acid groups (broad SMARTS) is 1. The van der Waals surface area contributed by atoms with E-state index in [0.717, 1.165) is 20.3 Å². The van der Waals surface area contributed by atoms with E-state index in [0.29, 0.717) is 0 Å². The first-order valence-electron chi connectivity index (χ1n) is 4.97. The van der Waals surface area contributed by atoms with Gasteiger partial charge in [0.25, 0.3) is 0 Å². The van der Waals surface area contributed by atoms with Crippen LogP contribution in [-0.2, 0) is 0 Å². The number of nitrogens with zero attached hydrogens (tertiary/aromatic N) is 1. The standard InChI is InChI=1S/C12H11NO2S2/c1-7-3-5-8(6-4-7)10-9(11(14)15)13-12(16-2)17-10/h3-6H,1-2H3,(H,14,15). The highest BCUT2D eigenvalue weighted by molar-refractivity contribution is 8.00. The predicted molar refractivity (Wildman–Crippen MR) is 71.0 cm³/mol. The largest absolute Gasteiger partial charge is 0.476 e. The fraction of sp³-hybridized carbons (Fsp3) is 0.167. The van der Waals surface area contributed by atoms with Gasteiger partial charge in [0.15, 0.2) is 10.0 Å². The highest BCUT2D eigenvalue weighted by atomic mass is 32.2. The van der Waals surface area contributed by atoms with Crippen molar-refractivity contribution in [3.05, 3.63) is 35.5 Å². The zero-order valence-corrected chi connectivity index (χ0v) is 11.1. The number of carboxylic acids is 1. The molecule has 0 saturated carbocycles. The topological polar surface area (TPSA) is 50.2 Å². The van der Waals surface area contributed by atoms with Crippen LogP contribution in [0.2, 0.25) is 0 Å². The van der Waals surface area contributed by atoms with Crippen molar-refractivity contribution in [3.63, 3.8) is 0 Å². The average molecular weight is 265 g/mol. The number of aromatic nitrogens is 1. The van der Waals surface area contributed by atoms with Gasteiger partial charge in [0.1, 0.15) is 0 Å². The van der Waals surface area contributed by atoms with Gasteiger partial charge in [-0.1, -0.05) is 41.6 Å². The van der Waals surface area contributed by atoms with Crippen LogP contribution in [0.4, 0.5) is 0 Å². The summed E-state index contributed by atoms with van der Waals surface area (Å²) in [6.45, 7) is 2.00. The number of benzene rings is 1. The summed E-state index contributed by atoms with van der Waals surface area (Å²) in [5, 5.41) is 9.13. The zero-order valence-electron chi connectivity index (χ0n) is 9.43. The van der Waals surface area contributed by atoms with Crippen molar-refractivity contribution in [3.8, 4) is 10.4 Å². The van der Waals surface area contributed by atoms with Crippen molar-refractivity contribution in [2.75, 3.05) is 6.26 Å². The molecule has 0 spiro atoms. The smallest absolute Gasteiger partial charge is 0.356 e. The van der Waals surface area contributed by atoms with Gasteiger partial charge in [0.2, 0.25) is 0 Å². The number of aromatic carboxylic acids is 1. The summed E-state index contributed by atoms with van der Waals surface area (Å²) < 4.78 is 0.776. The number of carbonyl (C=O) groups is 1. The third-order valence-electron chi connectivity index (χ3n) is 2.30. The molecule has 2 aromatic rings. The van der Waals surface area contributed by atoms with E-state index in [4.69, 9.17) is 5.11 Å². The predicted octanol–water partition coefficient (Wildman–Crippen LogP) is 3.54. The lowest BCUT2D eigenvalue weighted by molar-refractivity contribution is 0.0691. The molecule has 0 aliphatic heterocycles. The monoisotopic (exact) mass is 265 g/mol. The molecule has 17 heavy (non-hydrogen) atoms. The molecule has 5 heteroatoms. The fourth-order valence-electron chi connectivity index (χ4n) is 1.43. The van der Waals surface area contributed by atoms with Gasteiger partial charge in [-0.3, -0.25) is 0 Å². The van der Waals surface area contributed by atoms with E-state index < -0.39 is 5.97 Å². The summed E-state index contributed by atoms with van der Waals surface area (Å²) in [7, 11) is 0. The Balaban J connectivity index is 2.53. The molecule has 0 atom stereocenters. The van der Waals surface area contributed by atoms with Gasteiger partial charge in [-0.25, -0.2) is 9.78 Å². The minimum atomic E-state index is -0.975. The number of hydrogen-bond acceptors (Lipinski definition) is 4. The Kier molecular flexibility index (Phi) is 3.49. The van der Waals surface area contributed by atoms with Crippen LogP contribution in [-0.4, -0.2) is 22.3 Å². The molecule has 0 amide bonds. The molecule has 1 aromatic carbocycles. The average Bonchev–Trinajstić information content (AvgIpc) is 2.74. The van der Waals surface area contributed by atoms with Crippen molar-refractivity contribution in [2.45, 2.75) is 11.3 Å². The number of thioether (sulfide) groups is 1.